The minimum atomic E-state index is -3.64. The lowest BCUT2D eigenvalue weighted by Gasteiger charge is -2.35. The molecule has 9 heteroatoms. The fourth-order valence-electron chi connectivity index (χ4n) is 4.04. The van der Waals surface area contributed by atoms with Gasteiger partial charge in [-0.15, -0.1) is 0 Å². The summed E-state index contributed by atoms with van der Waals surface area (Å²) in [7, 11) is -3.64. The number of carbonyl (C=O) groups excluding carboxylic acids is 1. The van der Waals surface area contributed by atoms with E-state index >= 15 is 0 Å². The number of hydrogen-bond acceptors (Lipinski definition) is 6. The summed E-state index contributed by atoms with van der Waals surface area (Å²) >= 11 is 0. The summed E-state index contributed by atoms with van der Waals surface area (Å²) in [6, 6.07) is 14.2. The van der Waals surface area contributed by atoms with Gasteiger partial charge in [0.2, 0.25) is 5.91 Å². The van der Waals surface area contributed by atoms with Gasteiger partial charge in [0.15, 0.2) is 9.84 Å². The number of amides is 1. The van der Waals surface area contributed by atoms with Gasteiger partial charge in [0.1, 0.15) is 11.6 Å². The second kappa shape index (κ2) is 7.56. The molecule has 1 amide bonds. The fourth-order valence-corrected chi connectivity index (χ4v) is 5.89. The molecule has 0 radical (unpaired) electrons. The zero-order valence-electron chi connectivity index (χ0n) is 16.6. The standard InChI is InChI=1S/C22H19FN4O3S/c1-13(28)26-16-6-2-14(3-7-16)20-18(12-24)22(25)27(17-8-4-15(23)5-9-17)19-10-11-31(29,30)21(19)20/h2-9,20H,10-11,25H2,1H3,(H,26,28)/t20-/m0/s1. The van der Waals surface area contributed by atoms with E-state index in [4.69, 9.17) is 5.73 Å². The quantitative estimate of drug-likeness (QED) is 0.761. The van der Waals surface area contributed by atoms with E-state index in [1.54, 1.807) is 24.3 Å². The first kappa shape index (κ1) is 20.6. The van der Waals surface area contributed by atoms with Crippen molar-refractivity contribution in [3.63, 3.8) is 0 Å². The second-order valence-electron chi connectivity index (χ2n) is 7.34. The Labute approximate surface area is 179 Å². The first-order valence-corrected chi connectivity index (χ1v) is 11.2. The number of nitrogens with zero attached hydrogens (tertiary/aromatic N) is 2. The molecule has 0 aromatic heterocycles. The summed E-state index contributed by atoms with van der Waals surface area (Å²) in [5.74, 6) is -1.50. The first-order chi connectivity index (χ1) is 14.7. The summed E-state index contributed by atoms with van der Waals surface area (Å²) in [6.07, 6.45) is 0.231. The van der Waals surface area contributed by atoms with Crippen LogP contribution in [0.2, 0.25) is 0 Å². The van der Waals surface area contributed by atoms with Crippen molar-refractivity contribution in [3.05, 3.63) is 81.9 Å². The molecule has 0 unspecified atom stereocenters. The third-order valence-electron chi connectivity index (χ3n) is 5.33. The molecule has 7 nitrogen and oxygen atoms in total. The van der Waals surface area contributed by atoms with E-state index in [0.717, 1.165) is 0 Å². The smallest absolute Gasteiger partial charge is 0.221 e. The third kappa shape index (κ3) is 3.55. The zero-order valence-corrected chi connectivity index (χ0v) is 17.4. The second-order valence-corrected chi connectivity index (χ2v) is 9.42. The van der Waals surface area contributed by atoms with Crippen molar-refractivity contribution in [3.8, 4) is 6.07 Å². The Morgan fingerprint density at radius 3 is 2.42 bits per heavy atom. The summed E-state index contributed by atoms with van der Waals surface area (Å²) in [6.45, 7) is 1.39. The number of carbonyl (C=O) groups is 1. The van der Waals surface area contributed by atoms with Crippen LogP contribution in [0.15, 0.2) is 70.5 Å². The van der Waals surface area contributed by atoms with Crippen LogP contribution in [0.3, 0.4) is 0 Å². The highest BCUT2D eigenvalue weighted by atomic mass is 32.2. The van der Waals surface area contributed by atoms with Crippen molar-refractivity contribution in [2.45, 2.75) is 19.3 Å². The molecular weight excluding hydrogens is 419 g/mol. The van der Waals surface area contributed by atoms with E-state index in [0.29, 0.717) is 22.6 Å². The Bertz CT molecular complexity index is 1270. The van der Waals surface area contributed by atoms with Crippen LogP contribution >= 0.6 is 0 Å². The number of nitrogens with one attached hydrogen (secondary N) is 1. The normalized spacial score (nSPS) is 19.8. The van der Waals surface area contributed by atoms with Gasteiger partial charge in [-0.2, -0.15) is 5.26 Å². The number of anilines is 2. The molecule has 158 valence electrons. The maximum absolute atomic E-state index is 13.4. The Balaban J connectivity index is 1.89. The number of nitrogens with two attached hydrogens (primary N) is 1. The van der Waals surface area contributed by atoms with Crippen molar-refractivity contribution < 1.29 is 17.6 Å². The molecule has 0 saturated heterocycles. The molecule has 0 aliphatic carbocycles. The van der Waals surface area contributed by atoms with Crippen molar-refractivity contribution in [2.24, 2.45) is 5.73 Å². The van der Waals surface area contributed by atoms with Gasteiger partial charge < -0.3 is 11.1 Å². The first-order valence-electron chi connectivity index (χ1n) is 9.51. The third-order valence-corrected chi connectivity index (χ3v) is 7.22. The van der Waals surface area contributed by atoms with Crippen LogP contribution < -0.4 is 16.0 Å². The van der Waals surface area contributed by atoms with Gasteiger partial charge in [0.05, 0.1) is 28.2 Å². The van der Waals surface area contributed by atoms with Gasteiger partial charge in [-0.05, 0) is 42.0 Å². The zero-order chi connectivity index (χ0) is 22.3. The molecule has 0 saturated carbocycles. The molecule has 0 bridgehead atoms. The van der Waals surface area contributed by atoms with Crippen molar-refractivity contribution in [1.82, 2.24) is 0 Å². The predicted octanol–water partition coefficient (Wildman–Crippen LogP) is 3.11. The van der Waals surface area contributed by atoms with E-state index < -0.39 is 21.6 Å². The minimum Gasteiger partial charge on any atom is -0.384 e. The van der Waals surface area contributed by atoms with Crippen LogP contribution in [0.1, 0.15) is 24.8 Å². The number of hydrogen-bond donors (Lipinski definition) is 2. The summed E-state index contributed by atoms with van der Waals surface area (Å²) in [5, 5.41) is 12.6. The molecule has 2 aliphatic heterocycles. The predicted molar refractivity (Wildman–Crippen MR) is 115 cm³/mol. The van der Waals surface area contributed by atoms with Crippen molar-refractivity contribution in [2.75, 3.05) is 16.0 Å². The largest absolute Gasteiger partial charge is 0.384 e. The molecular formula is C22H19FN4O3S. The Hall–Kier alpha value is -3.64. The number of rotatable bonds is 3. The molecule has 1 atom stereocenters. The number of halogens is 1. The molecule has 2 aliphatic rings. The monoisotopic (exact) mass is 438 g/mol. The van der Waals surface area contributed by atoms with Gasteiger partial charge in [-0.1, -0.05) is 12.1 Å². The van der Waals surface area contributed by atoms with E-state index in [1.807, 2.05) is 0 Å². The highest BCUT2D eigenvalue weighted by Gasteiger charge is 2.45. The Morgan fingerprint density at radius 2 is 1.84 bits per heavy atom. The summed E-state index contributed by atoms with van der Waals surface area (Å²) < 4.78 is 39.5. The number of nitriles is 1. The molecule has 2 aromatic rings. The van der Waals surface area contributed by atoms with Gasteiger partial charge in [0.25, 0.3) is 0 Å². The van der Waals surface area contributed by atoms with Crippen LogP contribution in [0.4, 0.5) is 15.8 Å². The lowest BCUT2D eigenvalue weighted by molar-refractivity contribution is -0.114. The lowest BCUT2D eigenvalue weighted by atomic mass is 9.87. The minimum absolute atomic E-state index is 0.0954. The summed E-state index contributed by atoms with van der Waals surface area (Å²) in [4.78, 5) is 12.9. The van der Waals surface area contributed by atoms with Crippen LogP contribution in [-0.4, -0.2) is 20.1 Å². The Morgan fingerprint density at radius 1 is 1.19 bits per heavy atom. The van der Waals surface area contributed by atoms with Crippen LogP contribution in [0.5, 0.6) is 0 Å². The number of allylic oxidation sites excluding steroid dienone is 3. The maximum Gasteiger partial charge on any atom is 0.221 e. The molecule has 3 N–H and O–H groups in total. The van der Waals surface area contributed by atoms with Crippen molar-refractivity contribution in [1.29, 1.82) is 5.26 Å². The molecule has 0 spiro atoms. The highest BCUT2D eigenvalue weighted by Crippen LogP contribution is 2.48. The van der Waals surface area contributed by atoms with Gasteiger partial charge in [-0.3, -0.25) is 9.69 Å². The SMILES string of the molecule is CC(=O)Nc1ccc([C@H]2C(C#N)=C(N)N(c3ccc(F)cc3)C3=C2S(=O)(=O)CC3)cc1. The maximum atomic E-state index is 13.4. The summed E-state index contributed by atoms with van der Waals surface area (Å²) in [5.41, 5.74) is 8.57. The molecule has 2 aromatic carbocycles. The molecule has 2 heterocycles. The van der Waals surface area contributed by atoms with Crippen molar-refractivity contribution >= 4 is 27.1 Å². The van der Waals surface area contributed by atoms with Gasteiger partial charge >= 0.3 is 0 Å². The fraction of sp³-hybridized carbons (Fsp3) is 0.182. The Kier molecular flexibility index (Phi) is 5.03. The highest BCUT2D eigenvalue weighted by molar-refractivity contribution is 7.95. The molecule has 0 fully saturated rings. The van der Waals surface area contributed by atoms with Gasteiger partial charge in [0, 0.05) is 30.4 Å². The van der Waals surface area contributed by atoms with Crippen LogP contribution in [0, 0.1) is 17.1 Å². The van der Waals surface area contributed by atoms with E-state index in [9.17, 15) is 22.9 Å². The number of sulfone groups is 1. The van der Waals surface area contributed by atoms with Crippen LogP contribution in [-0.2, 0) is 14.6 Å². The molecule has 4 rings (SSSR count). The lowest BCUT2D eigenvalue weighted by Crippen LogP contribution is -2.34. The topological polar surface area (TPSA) is 116 Å². The number of benzene rings is 2. The van der Waals surface area contributed by atoms with E-state index in [2.05, 4.69) is 11.4 Å². The van der Waals surface area contributed by atoms with E-state index in [1.165, 1.54) is 36.1 Å². The molecule has 31 heavy (non-hydrogen) atoms. The van der Waals surface area contributed by atoms with Crippen LogP contribution in [0.25, 0.3) is 0 Å². The average molecular weight is 438 g/mol. The van der Waals surface area contributed by atoms with E-state index in [-0.39, 0.29) is 34.4 Å². The average Bonchev–Trinajstić information content (AvgIpc) is 3.03. The van der Waals surface area contributed by atoms with Gasteiger partial charge in [-0.25, -0.2) is 12.8 Å².